The van der Waals surface area contributed by atoms with Gasteiger partial charge in [-0.3, -0.25) is 9.59 Å². The van der Waals surface area contributed by atoms with E-state index < -0.39 is 23.8 Å². The highest BCUT2D eigenvalue weighted by atomic mass is 16.6. The number of ether oxygens (including phenoxy) is 1. The lowest BCUT2D eigenvalue weighted by Gasteiger charge is -2.36. The third kappa shape index (κ3) is 8.23. The highest BCUT2D eigenvalue weighted by Gasteiger charge is 2.48. The fourth-order valence-electron chi connectivity index (χ4n) is 5.01. The molecule has 218 valence electrons. The monoisotopic (exact) mass is 551 g/mol. The number of aromatic hydroxyl groups is 1. The molecule has 8 nitrogen and oxygen atoms in total. The number of hydrogen-bond acceptors (Lipinski definition) is 5. The van der Waals surface area contributed by atoms with Gasteiger partial charge in [-0.05, 0) is 87.8 Å². The van der Waals surface area contributed by atoms with Crippen molar-refractivity contribution < 1.29 is 24.2 Å². The first-order chi connectivity index (χ1) is 18.8. The summed E-state index contributed by atoms with van der Waals surface area (Å²) < 4.78 is 5.51. The second kappa shape index (κ2) is 13.2. The van der Waals surface area contributed by atoms with E-state index in [1.165, 1.54) is 0 Å². The topological polar surface area (TPSA) is 108 Å². The van der Waals surface area contributed by atoms with Gasteiger partial charge in [-0.1, -0.05) is 50.6 Å². The van der Waals surface area contributed by atoms with Crippen LogP contribution in [0.1, 0.15) is 82.2 Å². The maximum Gasteiger partial charge on any atom is 0.408 e. The Bertz CT molecular complexity index is 1170. The van der Waals surface area contributed by atoms with Crippen molar-refractivity contribution in [3.8, 4) is 5.75 Å². The average molecular weight is 552 g/mol. The Balaban J connectivity index is 2.07. The van der Waals surface area contributed by atoms with Crippen molar-refractivity contribution in [3.63, 3.8) is 0 Å². The molecule has 8 heteroatoms. The van der Waals surface area contributed by atoms with Gasteiger partial charge in [0.05, 0.1) is 0 Å². The minimum Gasteiger partial charge on any atom is -0.508 e. The molecular formula is C32H45N3O5. The number of nitrogens with one attached hydrogen (secondary N) is 2. The number of phenolic OH excluding ortho intramolecular Hbond substituents is 1. The number of unbranched alkanes of at least 4 members (excludes halogenated alkanes) is 1. The molecule has 0 saturated heterocycles. The Morgan fingerprint density at radius 2 is 1.68 bits per heavy atom. The Hall–Kier alpha value is -3.55. The molecular weight excluding hydrogens is 506 g/mol. The molecule has 2 aromatic rings. The van der Waals surface area contributed by atoms with Gasteiger partial charge in [0.2, 0.25) is 11.8 Å². The van der Waals surface area contributed by atoms with Gasteiger partial charge in [-0.2, -0.15) is 0 Å². The number of aryl methyl sites for hydroxylation is 2. The Morgan fingerprint density at radius 1 is 1.07 bits per heavy atom. The van der Waals surface area contributed by atoms with Crippen LogP contribution < -0.4 is 10.6 Å². The zero-order valence-corrected chi connectivity index (χ0v) is 24.9. The van der Waals surface area contributed by atoms with Crippen LogP contribution in [0.5, 0.6) is 5.75 Å². The molecule has 0 radical (unpaired) electrons. The van der Waals surface area contributed by atoms with E-state index in [-0.39, 0.29) is 35.9 Å². The van der Waals surface area contributed by atoms with Crippen molar-refractivity contribution >= 4 is 17.9 Å². The van der Waals surface area contributed by atoms with Crippen LogP contribution in [0.2, 0.25) is 0 Å². The van der Waals surface area contributed by atoms with Crippen LogP contribution in [0, 0.1) is 19.8 Å². The summed E-state index contributed by atoms with van der Waals surface area (Å²) in [5.41, 5.74) is 2.67. The molecule has 3 rings (SSSR count). The molecule has 1 fully saturated rings. The number of amides is 3. The molecule has 1 aliphatic rings. The summed E-state index contributed by atoms with van der Waals surface area (Å²) in [7, 11) is 0. The van der Waals surface area contributed by atoms with Crippen LogP contribution in [0.4, 0.5) is 4.79 Å². The summed E-state index contributed by atoms with van der Waals surface area (Å²) in [6.45, 7) is 13.9. The van der Waals surface area contributed by atoms with E-state index in [0.29, 0.717) is 6.54 Å². The van der Waals surface area contributed by atoms with Gasteiger partial charge >= 0.3 is 6.09 Å². The quantitative estimate of drug-likeness (QED) is 0.327. The van der Waals surface area contributed by atoms with Crippen molar-refractivity contribution in [2.75, 3.05) is 6.54 Å². The lowest BCUT2D eigenvalue weighted by atomic mass is 9.93. The summed E-state index contributed by atoms with van der Waals surface area (Å²) in [5.74, 6) is -0.236. The van der Waals surface area contributed by atoms with Crippen molar-refractivity contribution in [1.82, 2.24) is 15.5 Å². The standard InChI is InChI=1S/C32H45N3O5/c1-8-9-17-33-29(37)28(27-20(2)11-10-12-21(27)3)35(26-18-22(26)4)30(38)25(34-31(39)40-32(5,6)7)19-23-13-15-24(36)16-14-23/h10-16,22,25-26,28,36H,8-9,17-19H2,1-7H3,(H,33,37)(H,34,39). The summed E-state index contributed by atoms with van der Waals surface area (Å²) in [5, 5.41) is 15.6. The van der Waals surface area contributed by atoms with Gasteiger partial charge in [0.15, 0.2) is 0 Å². The van der Waals surface area contributed by atoms with Gasteiger partial charge in [-0.25, -0.2) is 4.79 Å². The fraction of sp³-hybridized carbons (Fsp3) is 0.531. The Morgan fingerprint density at radius 3 is 2.20 bits per heavy atom. The van der Waals surface area contributed by atoms with E-state index in [1.807, 2.05) is 32.0 Å². The molecule has 0 spiro atoms. The van der Waals surface area contributed by atoms with Crippen molar-refractivity contribution in [2.45, 2.75) is 97.9 Å². The molecule has 0 aromatic heterocycles. The highest BCUT2D eigenvalue weighted by Crippen LogP contribution is 2.42. The SMILES string of the molecule is CCCCNC(=O)C(c1c(C)cccc1C)N(C(=O)C(Cc1ccc(O)cc1)NC(=O)OC(C)(C)C)C1CC1C. The zero-order valence-electron chi connectivity index (χ0n) is 24.9. The predicted molar refractivity (Wildman–Crippen MR) is 156 cm³/mol. The number of carbonyl (C=O) groups is 3. The molecule has 3 N–H and O–H groups in total. The predicted octanol–water partition coefficient (Wildman–Crippen LogP) is 5.34. The zero-order chi connectivity index (χ0) is 29.6. The first-order valence-electron chi connectivity index (χ1n) is 14.3. The smallest absolute Gasteiger partial charge is 0.408 e. The lowest BCUT2D eigenvalue weighted by Crippen LogP contribution is -2.55. The summed E-state index contributed by atoms with van der Waals surface area (Å²) in [6, 6.07) is 10.4. The third-order valence-corrected chi connectivity index (χ3v) is 7.22. The maximum absolute atomic E-state index is 14.5. The fourth-order valence-corrected chi connectivity index (χ4v) is 5.01. The molecule has 2 aromatic carbocycles. The van der Waals surface area contributed by atoms with E-state index >= 15 is 0 Å². The number of hydrogen-bond donors (Lipinski definition) is 3. The molecule has 1 aliphatic carbocycles. The summed E-state index contributed by atoms with van der Waals surface area (Å²) in [6.07, 6.45) is 2.01. The van der Waals surface area contributed by atoms with E-state index in [9.17, 15) is 19.5 Å². The normalized spacial score (nSPS) is 17.9. The number of nitrogens with zero attached hydrogens (tertiary/aromatic N) is 1. The average Bonchev–Trinajstić information content (AvgIpc) is 3.58. The highest BCUT2D eigenvalue weighted by molar-refractivity contribution is 5.93. The molecule has 0 heterocycles. The van der Waals surface area contributed by atoms with E-state index in [0.717, 1.165) is 41.5 Å². The third-order valence-electron chi connectivity index (χ3n) is 7.22. The van der Waals surface area contributed by atoms with Crippen LogP contribution in [0.3, 0.4) is 0 Å². The second-order valence-electron chi connectivity index (χ2n) is 11.9. The minimum atomic E-state index is -0.984. The van der Waals surface area contributed by atoms with Crippen LogP contribution in [0.25, 0.3) is 0 Å². The number of alkyl carbamates (subject to hydrolysis) is 1. The van der Waals surface area contributed by atoms with Gasteiger partial charge < -0.3 is 25.4 Å². The van der Waals surface area contributed by atoms with Crippen molar-refractivity contribution in [2.24, 2.45) is 5.92 Å². The lowest BCUT2D eigenvalue weighted by molar-refractivity contribution is -0.143. The second-order valence-corrected chi connectivity index (χ2v) is 11.9. The molecule has 1 saturated carbocycles. The minimum absolute atomic E-state index is 0.110. The van der Waals surface area contributed by atoms with E-state index in [4.69, 9.17) is 4.74 Å². The van der Waals surface area contributed by atoms with Crippen molar-refractivity contribution in [3.05, 3.63) is 64.7 Å². The molecule has 4 unspecified atom stereocenters. The first kappa shape index (κ1) is 31.0. The van der Waals surface area contributed by atoms with Crippen LogP contribution in [-0.2, 0) is 20.7 Å². The Labute approximate surface area is 238 Å². The van der Waals surface area contributed by atoms with Crippen LogP contribution in [0.15, 0.2) is 42.5 Å². The Kier molecular flexibility index (Phi) is 10.2. The molecule has 0 bridgehead atoms. The van der Waals surface area contributed by atoms with Gasteiger partial charge in [-0.15, -0.1) is 0 Å². The van der Waals surface area contributed by atoms with Crippen molar-refractivity contribution in [1.29, 1.82) is 0 Å². The van der Waals surface area contributed by atoms with Gasteiger partial charge in [0.1, 0.15) is 23.4 Å². The summed E-state index contributed by atoms with van der Waals surface area (Å²) >= 11 is 0. The van der Waals surface area contributed by atoms with Crippen LogP contribution in [-0.4, -0.2) is 52.1 Å². The summed E-state index contributed by atoms with van der Waals surface area (Å²) in [4.78, 5) is 43.1. The molecule has 3 amide bonds. The number of carbonyl (C=O) groups excluding carboxylic acids is 3. The molecule has 4 atom stereocenters. The van der Waals surface area contributed by atoms with Gasteiger partial charge in [0.25, 0.3) is 0 Å². The van der Waals surface area contributed by atoms with E-state index in [1.54, 1.807) is 49.9 Å². The molecule has 0 aliphatic heterocycles. The first-order valence-corrected chi connectivity index (χ1v) is 14.3. The van der Waals surface area contributed by atoms with E-state index in [2.05, 4.69) is 24.5 Å². The maximum atomic E-state index is 14.5. The largest absolute Gasteiger partial charge is 0.508 e. The number of benzene rings is 2. The van der Waals surface area contributed by atoms with Crippen LogP contribution >= 0.6 is 0 Å². The van der Waals surface area contributed by atoms with Gasteiger partial charge in [0, 0.05) is 19.0 Å². The number of rotatable bonds is 11. The molecule has 40 heavy (non-hydrogen) atoms. The number of phenols is 1.